The predicted octanol–water partition coefficient (Wildman–Crippen LogP) is 4.01. The summed E-state index contributed by atoms with van der Waals surface area (Å²) in [7, 11) is 0. The van der Waals surface area contributed by atoms with Crippen molar-refractivity contribution in [3.8, 4) is 5.69 Å². The summed E-state index contributed by atoms with van der Waals surface area (Å²) in [6, 6.07) is 5.74. The fourth-order valence-corrected chi connectivity index (χ4v) is 2.28. The zero-order valence-corrected chi connectivity index (χ0v) is 11.4. The van der Waals surface area contributed by atoms with Crippen LogP contribution in [0.2, 0.25) is 10.3 Å². The molecule has 17 heavy (non-hydrogen) atoms. The predicted molar refractivity (Wildman–Crippen MR) is 70.2 cm³/mol. The molecule has 0 aliphatic rings. The number of nitrogens with zero attached hydrogens (tertiary/aromatic N) is 3. The molecule has 0 radical (unpaired) electrons. The van der Waals surface area contributed by atoms with E-state index in [1.807, 2.05) is 43.5 Å². The highest BCUT2D eigenvalue weighted by atomic mass is 35.5. The number of hydrogen-bond acceptors (Lipinski definition) is 2. The van der Waals surface area contributed by atoms with Crippen molar-refractivity contribution in [2.45, 2.75) is 26.7 Å². The molecular formula is C12H13Cl2N3. The van der Waals surface area contributed by atoms with E-state index in [0.717, 1.165) is 17.1 Å². The number of halogens is 2. The Morgan fingerprint density at radius 1 is 1.18 bits per heavy atom. The van der Waals surface area contributed by atoms with Gasteiger partial charge in [0.15, 0.2) is 0 Å². The zero-order chi connectivity index (χ0) is 12.6. The molecule has 2 aromatic rings. The Bertz CT molecular complexity index is 526. The van der Waals surface area contributed by atoms with Crippen LogP contribution in [0.5, 0.6) is 0 Å². The molecule has 1 aromatic carbocycles. The van der Waals surface area contributed by atoms with E-state index in [0.29, 0.717) is 10.3 Å². The van der Waals surface area contributed by atoms with Crippen LogP contribution in [0.15, 0.2) is 18.2 Å². The van der Waals surface area contributed by atoms with Gasteiger partial charge in [0, 0.05) is 5.92 Å². The van der Waals surface area contributed by atoms with E-state index in [-0.39, 0.29) is 5.92 Å². The molecule has 0 amide bonds. The van der Waals surface area contributed by atoms with E-state index >= 15 is 0 Å². The Kier molecular flexibility index (Phi) is 3.40. The Hall–Kier alpha value is -1.06. The van der Waals surface area contributed by atoms with E-state index < -0.39 is 0 Å². The van der Waals surface area contributed by atoms with E-state index in [4.69, 9.17) is 23.2 Å². The Morgan fingerprint density at radius 2 is 1.88 bits per heavy atom. The topological polar surface area (TPSA) is 30.7 Å². The lowest BCUT2D eigenvalue weighted by atomic mass is 10.1. The quantitative estimate of drug-likeness (QED) is 0.825. The molecule has 0 N–H and O–H groups in total. The standard InChI is InChI=1S/C12H13Cl2N3/c1-7(2)11-15-16-12(14)17(11)10-8(3)5-4-6-9(10)13/h4-7H,1-3H3. The number of hydrogen-bond donors (Lipinski definition) is 0. The van der Waals surface area contributed by atoms with E-state index in [1.54, 1.807) is 0 Å². The summed E-state index contributed by atoms with van der Waals surface area (Å²) in [4.78, 5) is 0. The molecule has 0 unspecified atom stereocenters. The van der Waals surface area contributed by atoms with Crippen molar-refractivity contribution in [2.24, 2.45) is 0 Å². The third-order valence-corrected chi connectivity index (χ3v) is 3.13. The van der Waals surface area contributed by atoms with Crippen molar-refractivity contribution in [1.29, 1.82) is 0 Å². The molecule has 0 saturated heterocycles. The van der Waals surface area contributed by atoms with Crippen LogP contribution in [0, 0.1) is 6.92 Å². The van der Waals surface area contributed by atoms with Gasteiger partial charge in [0.05, 0.1) is 10.7 Å². The highest BCUT2D eigenvalue weighted by Crippen LogP contribution is 2.29. The first-order chi connectivity index (χ1) is 8.02. The number of rotatable bonds is 2. The Labute approximate surface area is 110 Å². The lowest BCUT2D eigenvalue weighted by Gasteiger charge is -2.14. The maximum absolute atomic E-state index is 6.23. The van der Waals surface area contributed by atoms with Crippen molar-refractivity contribution < 1.29 is 0 Å². The van der Waals surface area contributed by atoms with Crippen molar-refractivity contribution in [3.05, 3.63) is 39.9 Å². The van der Waals surface area contributed by atoms with E-state index in [2.05, 4.69) is 10.2 Å². The van der Waals surface area contributed by atoms with Crippen LogP contribution in [-0.2, 0) is 0 Å². The van der Waals surface area contributed by atoms with Gasteiger partial charge in [-0.1, -0.05) is 37.6 Å². The van der Waals surface area contributed by atoms with E-state index in [9.17, 15) is 0 Å². The summed E-state index contributed by atoms with van der Waals surface area (Å²) >= 11 is 12.3. The number of benzene rings is 1. The second-order valence-electron chi connectivity index (χ2n) is 4.22. The van der Waals surface area contributed by atoms with Crippen molar-refractivity contribution in [1.82, 2.24) is 14.8 Å². The SMILES string of the molecule is Cc1cccc(Cl)c1-n1c(Cl)nnc1C(C)C. The van der Waals surface area contributed by atoms with Crippen LogP contribution in [0.4, 0.5) is 0 Å². The van der Waals surface area contributed by atoms with Crippen molar-refractivity contribution in [2.75, 3.05) is 0 Å². The second kappa shape index (κ2) is 4.67. The third-order valence-electron chi connectivity index (χ3n) is 2.58. The summed E-state index contributed by atoms with van der Waals surface area (Å²) in [6.07, 6.45) is 0. The summed E-state index contributed by atoms with van der Waals surface area (Å²) in [5.41, 5.74) is 1.90. The van der Waals surface area contributed by atoms with Gasteiger partial charge in [0.1, 0.15) is 5.82 Å². The maximum Gasteiger partial charge on any atom is 0.229 e. The van der Waals surface area contributed by atoms with Gasteiger partial charge >= 0.3 is 0 Å². The minimum absolute atomic E-state index is 0.227. The normalized spacial score (nSPS) is 11.2. The summed E-state index contributed by atoms with van der Waals surface area (Å²) in [6.45, 7) is 6.08. The molecule has 5 heteroatoms. The third kappa shape index (κ3) is 2.17. The molecule has 3 nitrogen and oxygen atoms in total. The van der Waals surface area contributed by atoms with Crippen LogP contribution in [0.1, 0.15) is 31.2 Å². The number of aryl methyl sites for hydroxylation is 1. The molecule has 0 aliphatic heterocycles. The molecule has 0 fully saturated rings. The highest BCUT2D eigenvalue weighted by Gasteiger charge is 2.18. The lowest BCUT2D eigenvalue weighted by molar-refractivity contribution is 0.744. The molecule has 0 spiro atoms. The average Bonchev–Trinajstić information content (AvgIpc) is 2.61. The van der Waals surface area contributed by atoms with Gasteiger partial charge in [-0.15, -0.1) is 10.2 Å². The Morgan fingerprint density at radius 3 is 2.47 bits per heavy atom. The second-order valence-corrected chi connectivity index (χ2v) is 4.97. The van der Waals surface area contributed by atoms with Crippen molar-refractivity contribution in [3.63, 3.8) is 0 Å². The Balaban J connectivity index is 2.72. The van der Waals surface area contributed by atoms with Gasteiger partial charge < -0.3 is 0 Å². The largest absolute Gasteiger partial charge is 0.268 e. The minimum Gasteiger partial charge on any atom is -0.268 e. The molecule has 2 rings (SSSR count). The fourth-order valence-electron chi connectivity index (χ4n) is 1.76. The number of aromatic nitrogens is 3. The first-order valence-electron chi connectivity index (χ1n) is 5.38. The molecule has 0 aliphatic carbocycles. The van der Waals surface area contributed by atoms with Gasteiger partial charge in [-0.25, -0.2) is 0 Å². The molecule has 0 bridgehead atoms. The molecular weight excluding hydrogens is 257 g/mol. The first kappa shape index (κ1) is 12.4. The van der Waals surface area contributed by atoms with Crippen LogP contribution in [0.25, 0.3) is 5.69 Å². The number of para-hydroxylation sites is 1. The van der Waals surface area contributed by atoms with Gasteiger partial charge in [-0.05, 0) is 30.2 Å². The monoisotopic (exact) mass is 269 g/mol. The first-order valence-corrected chi connectivity index (χ1v) is 6.14. The maximum atomic E-state index is 6.23. The van der Waals surface area contributed by atoms with Gasteiger partial charge in [-0.2, -0.15) is 0 Å². The molecule has 0 saturated carbocycles. The average molecular weight is 270 g/mol. The lowest BCUT2D eigenvalue weighted by Crippen LogP contribution is -2.05. The van der Waals surface area contributed by atoms with E-state index in [1.165, 1.54) is 0 Å². The van der Waals surface area contributed by atoms with Crippen LogP contribution < -0.4 is 0 Å². The summed E-state index contributed by atoms with van der Waals surface area (Å²) in [5, 5.41) is 9.00. The molecule has 0 atom stereocenters. The highest BCUT2D eigenvalue weighted by molar-refractivity contribution is 6.33. The minimum atomic E-state index is 0.227. The fraction of sp³-hybridized carbons (Fsp3) is 0.333. The smallest absolute Gasteiger partial charge is 0.229 e. The van der Waals surface area contributed by atoms with Gasteiger partial charge in [0.2, 0.25) is 5.28 Å². The van der Waals surface area contributed by atoms with Gasteiger partial charge in [0.25, 0.3) is 0 Å². The molecule has 1 aromatic heterocycles. The zero-order valence-electron chi connectivity index (χ0n) is 9.91. The van der Waals surface area contributed by atoms with Crippen LogP contribution in [-0.4, -0.2) is 14.8 Å². The van der Waals surface area contributed by atoms with Crippen molar-refractivity contribution >= 4 is 23.2 Å². The van der Waals surface area contributed by atoms with Crippen LogP contribution >= 0.6 is 23.2 Å². The van der Waals surface area contributed by atoms with Crippen LogP contribution in [0.3, 0.4) is 0 Å². The summed E-state index contributed by atoms with van der Waals surface area (Å²) in [5.74, 6) is 1.04. The van der Waals surface area contributed by atoms with Gasteiger partial charge in [-0.3, -0.25) is 4.57 Å². The summed E-state index contributed by atoms with van der Waals surface area (Å²) < 4.78 is 1.81. The molecule has 90 valence electrons. The molecule has 1 heterocycles.